The van der Waals surface area contributed by atoms with E-state index in [2.05, 4.69) is 62.7 Å². The first-order valence-electron chi connectivity index (χ1n) is 7.64. The number of thioether (sulfide) groups is 1. The normalized spacial score (nSPS) is 24.5. The van der Waals surface area contributed by atoms with E-state index in [4.69, 9.17) is 0 Å². The molecule has 1 fully saturated rings. The third-order valence-electron chi connectivity index (χ3n) is 4.14. The van der Waals surface area contributed by atoms with Crippen LogP contribution in [0.15, 0.2) is 6.07 Å². The molecule has 2 heterocycles. The van der Waals surface area contributed by atoms with Gasteiger partial charge in [0.05, 0.1) is 0 Å². The highest BCUT2D eigenvalue weighted by Crippen LogP contribution is 2.28. The van der Waals surface area contributed by atoms with Crippen LogP contribution in [-0.2, 0) is 13.1 Å². The van der Waals surface area contributed by atoms with Crippen molar-refractivity contribution >= 4 is 23.1 Å². The molecule has 0 saturated carbocycles. The second-order valence-corrected chi connectivity index (χ2v) is 8.94. The molecule has 0 spiro atoms. The van der Waals surface area contributed by atoms with Gasteiger partial charge in [-0.2, -0.15) is 11.8 Å². The Morgan fingerprint density at radius 1 is 1.40 bits per heavy atom. The molecule has 0 amide bonds. The van der Waals surface area contributed by atoms with Crippen LogP contribution in [0.1, 0.15) is 43.0 Å². The number of aryl methyl sites for hydroxylation is 1. The van der Waals surface area contributed by atoms with Crippen LogP contribution >= 0.6 is 23.1 Å². The third-order valence-corrected chi connectivity index (χ3v) is 6.57. The minimum absolute atomic E-state index is 0.556. The lowest BCUT2D eigenvalue weighted by molar-refractivity contribution is 0.204. The number of rotatable bonds is 5. The van der Waals surface area contributed by atoms with E-state index in [9.17, 15) is 0 Å². The van der Waals surface area contributed by atoms with E-state index in [1.165, 1.54) is 27.6 Å². The Bertz CT molecular complexity index is 428. The maximum Gasteiger partial charge on any atom is 0.0302 e. The van der Waals surface area contributed by atoms with Crippen molar-refractivity contribution in [3.05, 3.63) is 21.4 Å². The molecule has 2 nitrogen and oxygen atoms in total. The summed E-state index contributed by atoms with van der Waals surface area (Å²) in [5, 5.41) is 4.27. The summed E-state index contributed by atoms with van der Waals surface area (Å²) in [7, 11) is 0. The Balaban J connectivity index is 1.98. The van der Waals surface area contributed by atoms with Crippen LogP contribution in [0.2, 0.25) is 0 Å². The fraction of sp³-hybridized carbons (Fsp3) is 0.750. The maximum atomic E-state index is 3.52. The average Bonchev–Trinajstić information content (AvgIpc) is 2.73. The third kappa shape index (κ3) is 4.23. The minimum Gasteiger partial charge on any atom is -0.310 e. The predicted molar refractivity (Wildman–Crippen MR) is 92.8 cm³/mol. The van der Waals surface area contributed by atoms with Crippen molar-refractivity contribution in [2.75, 3.05) is 12.3 Å². The molecular formula is C16H28N2S2. The topological polar surface area (TPSA) is 15.3 Å². The molecule has 0 aromatic carbocycles. The Kier molecular flexibility index (Phi) is 5.96. The van der Waals surface area contributed by atoms with Crippen LogP contribution in [0.3, 0.4) is 0 Å². The Labute approximate surface area is 132 Å². The van der Waals surface area contributed by atoms with Gasteiger partial charge in [-0.1, -0.05) is 20.8 Å². The zero-order valence-corrected chi connectivity index (χ0v) is 15.0. The zero-order valence-electron chi connectivity index (χ0n) is 13.4. The second kappa shape index (κ2) is 7.30. The first-order chi connectivity index (χ1) is 9.47. The van der Waals surface area contributed by atoms with Gasteiger partial charge in [-0.25, -0.2) is 0 Å². The van der Waals surface area contributed by atoms with Crippen LogP contribution in [0.4, 0.5) is 0 Å². The fourth-order valence-corrected chi connectivity index (χ4v) is 4.74. The minimum atomic E-state index is 0.556. The molecule has 2 rings (SSSR count). The van der Waals surface area contributed by atoms with Gasteiger partial charge in [0.2, 0.25) is 0 Å². The largest absolute Gasteiger partial charge is 0.310 e. The molecule has 0 aliphatic carbocycles. The van der Waals surface area contributed by atoms with Crippen molar-refractivity contribution in [3.63, 3.8) is 0 Å². The van der Waals surface area contributed by atoms with E-state index in [0.717, 1.165) is 18.3 Å². The molecule has 1 N–H and O–H groups in total. The van der Waals surface area contributed by atoms with Crippen LogP contribution < -0.4 is 5.32 Å². The Morgan fingerprint density at radius 3 is 2.85 bits per heavy atom. The van der Waals surface area contributed by atoms with Crippen LogP contribution in [-0.4, -0.2) is 34.5 Å². The van der Waals surface area contributed by atoms with Crippen molar-refractivity contribution in [2.24, 2.45) is 0 Å². The lowest BCUT2D eigenvalue weighted by Crippen LogP contribution is -2.43. The van der Waals surface area contributed by atoms with Gasteiger partial charge in [-0.15, -0.1) is 11.3 Å². The lowest BCUT2D eigenvalue weighted by atomic mass is 10.1. The van der Waals surface area contributed by atoms with Gasteiger partial charge in [0.25, 0.3) is 0 Å². The summed E-state index contributed by atoms with van der Waals surface area (Å²) in [4.78, 5) is 5.61. The summed E-state index contributed by atoms with van der Waals surface area (Å²) in [6.07, 6.45) is 0. The summed E-state index contributed by atoms with van der Waals surface area (Å²) in [6.45, 7) is 14.8. The predicted octanol–water partition coefficient (Wildman–Crippen LogP) is 3.88. The molecular weight excluding hydrogens is 284 g/mol. The monoisotopic (exact) mass is 312 g/mol. The molecule has 4 heteroatoms. The molecule has 2 atom stereocenters. The molecule has 1 aliphatic rings. The molecule has 1 aromatic heterocycles. The number of hydrogen-bond donors (Lipinski definition) is 1. The summed E-state index contributed by atoms with van der Waals surface area (Å²) in [6, 6.07) is 3.65. The van der Waals surface area contributed by atoms with Crippen molar-refractivity contribution in [1.29, 1.82) is 0 Å². The molecule has 2 unspecified atom stereocenters. The Hall–Kier alpha value is -0.0300. The second-order valence-electron chi connectivity index (χ2n) is 6.12. The number of thiophene rings is 1. The average molecular weight is 313 g/mol. The van der Waals surface area contributed by atoms with Crippen molar-refractivity contribution in [1.82, 2.24) is 10.2 Å². The van der Waals surface area contributed by atoms with E-state index in [1.807, 2.05) is 11.3 Å². The Morgan fingerprint density at radius 2 is 2.15 bits per heavy atom. The van der Waals surface area contributed by atoms with Crippen LogP contribution in [0.25, 0.3) is 0 Å². The first kappa shape index (κ1) is 16.3. The van der Waals surface area contributed by atoms with Gasteiger partial charge >= 0.3 is 0 Å². The number of nitrogens with one attached hydrogen (secondary N) is 1. The van der Waals surface area contributed by atoms with Gasteiger partial charge in [0, 0.05) is 52.5 Å². The zero-order chi connectivity index (χ0) is 14.7. The van der Waals surface area contributed by atoms with E-state index >= 15 is 0 Å². The van der Waals surface area contributed by atoms with Crippen LogP contribution in [0.5, 0.6) is 0 Å². The fourth-order valence-electron chi connectivity index (χ4n) is 2.57. The summed E-state index contributed by atoms with van der Waals surface area (Å²) >= 11 is 4.06. The highest BCUT2D eigenvalue weighted by Gasteiger charge is 2.25. The molecule has 0 bridgehead atoms. The summed E-state index contributed by atoms with van der Waals surface area (Å²) < 4.78 is 0. The standard InChI is InChI=1S/C16H28N2S2/c1-11(2)17-9-16-8-15(14(5)20-16)10-18-6-7-19-13(4)12(18)3/h8,11-13,17H,6-7,9-10H2,1-5H3. The van der Waals surface area contributed by atoms with Crippen molar-refractivity contribution in [3.8, 4) is 0 Å². The molecule has 0 radical (unpaired) electrons. The van der Waals surface area contributed by atoms with E-state index in [-0.39, 0.29) is 0 Å². The van der Waals surface area contributed by atoms with Gasteiger partial charge in [-0.05, 0) is 25.5 Å². The molecule has 1 saturated heterocycles. The van der Waals surface area contributed by atoms with Crippen LogP contribution in [0, 0.1) is 6.92 Å². The number of nitrogens with zero attached hydrogens (tertiary/aromatic N) is 1. The van der Waals surface area contributed by atoms with Gasteiger partial charge in [0.1, 0.15) is 0 Å². The quantitative estimate of drug-likeness (QED) is 0.888. The molecule has 1 aliphatic heterocycles. The number of hydrogen-bond acceptors (Lipinski definition) is 4. The van der Waals surface area contributed by atoms with Crippen molar-refractivity contribution in [2.45, 2.75) is 65.0 Å². The van der Waals surface area contributed by atoms with Gasteiger partial charge in [-0.3, -0.25) is 4.90 Å². The molecule has 114 valence electrons. The highest BCUT2D eigenvalue weighted by atomic mass is 32.2. The van der Waals surface area contributed by atoms with Crippen molar-refractivity contribution < 1.29 is 0 Å². The maximum absolute atomic E-state index is 3.52. The SMILES string of the molecule is Cc1sc(CNC(C)C)cc1CN1CCSC(C)C1C. The lowest BCUT2D eigenvalue weighted by Gasteiger charge is -2.37. The van der Waals surface area contributed by atoms with Gasteiger partial charge < -0.3 is 5.32 Å². The highest BCUT2D eigenvalue weighted by molar-refractivity contribution is 8.00. The molecule has 20 heavy (non-hydrogen) atoms. The van der Waals surface area contributed by atoms with Gasteiger partial charge in [0.15, 0.2) is 0 Å². The van der Waals surface area contributed by atoms with E-state index in [0.29, 0.717) is 12.1 Å². The molecule has 1 aromatic rings. The summed E-state index contributed by atoms with van der Waals surface area (Å²) in [5.74, 6) is 1.27. The van der Waals surface area contributed by atoms with E-state index < -0.39 is 0 Å². The first-order valence-corrected chi connectivity index (χ1v) is 9.51. The summed E-state index contributed by atoms with van der Waals surface area (Å²) in [5.41, 5.74) is 1.53. The smallest absolute Gasteiger partial charge is 0.0302 e. The van der Waals surface area contributed by atoms with E-state index in [1.54, 1.807) is 0 Å².